The van der Waals surface area contributed by atoms with E-state index in [1.165, 1.54) is 32.1 Å². The van der Waals surface area contributed by atoms with Gasteiger partial charge in [0.05, 0.1) is 0 Å². The van der Waals surface area contributed by atoms with Crippen LogP contribution < -0.4 is 5.32 Å². The Hall–Kier alpha value is -0.0400. The number of nitrogens with one attached hydrogen (secondary N) is 1. The van der Waals surface area contributed by atoms with Gasteiger partial charge in [-0.25, -0.2) is 0 Å². The maximum Gasteiger partial charge on any atom is 0.00669 e. The van der Waals surface area contributed by atoms with Gasteiger partial charge in [0.15, 0.2) is 0 Å². The van der Waals surface area contributed by atoms with E-state index < -0.39 is 0 Å². The van der Waals surface area contributed by atoms with Crippen LogP contribution in [0.2, 0.25) is 0 Å². The number of hydrogen-bond donors (Lipinski definition) is 1. The van der Waals surface area contributed by atoms with Gasteiger partial charge in [0, 0.05) is 6.04 Å². The van der Waals surface area contributed by atoms with Gasteiger partial charge in [0.25, 0.3) is 0 Å². The fourth-order valence-corrected chi connectivity index (χ4v) is 1.60. The zero-order chi connectivity index (χ0) is 8.53. The Morgan fingerprint density at radius 1 is 1.09 bits per heavy atom. The van der Waals surface area contributed by atoms with Crippen LogP contribution in [0.1, 0.15) is 52.9 Å². The number of hydrogen-bond acceptors (Lipinski definition) is 1. The van der Waals surface area contributed by atoms with Crippen LogP contribution in [-0.2, 0) is 0 Å². The maximum atomic E-state index is 3.48. The van der Waals surface area contributed by atoms with E-state index in [-0.39, 0.29) is 0 Å². The molecule has 1 aliphatic rings. The lowest BCUT2D eigenvalue weighted by atomic mass is 9.96. The summed E-state index contributed by atoms with van der Waals surface area (Å²) in [5.74, 6) is 0. The first-order valence-corrected chi connectivity index (χ1v) is 5.17. The molecule has 0 aromatic rings. The van der Waals surface area contributed by atoms with Crippen molar-refractivity contribution < 1.29 is 0 Å². The summed E-state index contributed by atoms with van der Waals surface area (Å²) in [6.45, 7) is 7.33. The van der Waals surface area contributed by atoms with Crippen molar-refractivity contribution in [3.63, 3.8) is 0 Å². The van der Waals surface area contributed by atoms with Crippen molar-refractivity contribution in [1.29, 1.82) is 0 Å². The summed E-state index contributed by atoms with van der Waals surface area (Å²) in [5.41, 5.74) is 0. The molecule has 68 valence electrons. The van der Waals surface area contributed by atoms with Crippen molar-refractivity contribution >= 4 is 0 Å². The molecule has 0 unspecified atom stereocenters. The topological polar surface area (TPSA) is 12.0 Å². The molecular formula is C10H23N. The third-order valence-corrected chi connectivity index (χ3v) is 2.10. The molecule has 11 heavy (non-hydrogen) atoms. The van der Waals surface area contributed by atoms with Crippen LogP contribution in [-0.4, -0.2) is 12.6 Å². The van der Waals surface area contributed by atoms with Gasteiger partial charge in [-0.15, -0.1) is 0 Å². The van der Waals surface area contributed by atoms with Crippen molar-refractivity contribution in [2.45, 2.75) is 58.9 Å². The average Bonchev–Trinajstić information content (AvgIpc) is 2.11. The molecule has 0 aromatic carbocycles. The highest BCUT2D eigenvalue weighted by Crippen LogP contribution is 2.16. The van der Waals surface area contributed by atoms with E-state index >= 15 is 0 Å². The molecule has 0 bridgehead atoms. The molecule has 1 saturated carbocycles. The molecule has 0 aliphatic heterocycles. The van der Waals surface area contributed by atoms with Gasteiger partial charge in [-0.3, -0.25) is 0 Å². The Labute approximate surface area is 71.6 Å². The standard InChI is InChI=1S/C8H17N.C2H6/c1-2-9-8-6-4-3-5-7-8;1-2/h8-9H,2-7H2,1H3;1-2H3. The Bertz CT molecular complexity index is 62.5. The highest BCUT2D eigenvalue weighted by Gasteiger charge is 2.10. The van der Waals surface area contributed by atoms with Gasteiger partial charge in [-0.1, -0.05) is 40.0 Å². The molecule has 1 heteroatoms. The first-order valence-electron chi connectivity index (χ1n) is 5.17. The fraction of sp³-hybridized carbons (Fsp3) is 1.00. The van der Waals surface area contributed by atoms with Crippen molar-refractivity contribution in [3.05, 3.63) is 0 Å². The van der Waals surface area contributed by atoms with Crippen LogP contribution in [0, 0.1) is 0 Å². The summed E-state index contributed by atoms with van der Waals surface area (Å²) < 4.78 is 0. The summed E-state index contributed by atoms with van der Waals surface area (Å²) in [6, 6.07) is 0.851. The molecule has 0 amide bonds. The smallest absolute Gasteiger partial charge is 0.00669 e. The molecular weight excluding hydrogens is 134 g/mol. The summed E-state index contributed by atoms with van der Waals surface area (Å²) in [4.78, 5) is 0. The zero-order valence-electron chi connectivity index (χ0n) is 8.32. The zero-order valence-corrected chi connectivity index (χ0v) is 8.32. The van der Waals surface area contributed by atoms with Crippen molar-refractivity contribution in [2.75, 3.05) is 6.54 Å². The van der Waals surface area contributed by atoms with Gasteiger partial charge in [0.1, 0.15) is 0 Å². The number of rotatable bonds is 2. The van der Waals surface area contributed by atoms with E-state index in [9.17, 15) is 0 Å². The molecule has 1 nitrogen and oxygen atoms in total. The quantitative estimate of drug-likeness (QED) is 0.650. The largest absolute Gasteiger partial charge is 0.314 e. The van der Waals surface area contributed by atoms with Gasteiger partial charge in [-0.05, 0) is 19.4 Å². The van der Waals surface area contributed by atoms with Gasteiger partial charge >= 0.3 is 0 Å². The van der Waals surface area contributed by atoms with E-state index in [1.54, 1.807) is 0 Å². The molecule has 0 saturated heterocycles. The molecule has 0 atom stereocenters. The van der Waals surface area contributed by atoms with Crippen LogP contribution >= 0.6 is 0 Å². The Morgan fingerprint density at radius 3 is 2.09 bits per heavy atom. The lowest BCUT2D eigenvalue weighted by Crippen LogP contribution is -2.30. The SMILES string of the molecule is CC.CCNC1CCCCC1. The minimum absolute atomic E-state index is 0.851. The fourth-order valence-electron chi connectivity index (χ4n) is 1.60. The lowest BCUT2D eigenvalue weighted by molar-refractivity contribution is 0.380. The van der Waals surface area contributed by atoms with Crippen molar-refractivity contribution in [1.82, 2.24) is 5.32 Å². The minimum atomic E-state index is 0.851. The van der Waals surface area contributed by atoms with Gasteiger partial charge in [-0.2, -0.15) is 0 Å². The first kappa shape index (κ1) is 11.0. The normalized spacial score (nSPS) is 18.8. The second-order valence-corrected chi connectivity index (χ2v) is 2.89. The van der Waals surface area contributed by atoms with E-state index in [4.69, 9.17) is 0 Å². The van der Waals surface area contributed by atoms with E-state index in [0.29, 0.717) is 0 Å². The summed E-state index contributed by atoms with van der Waals surface area (Å²) >= 11 is 0. The molecule has 0 aromatic heterocycles. The molecule has 0 heterocycles. The van der Waals surface area contributed by atoms with E-state index in [2.05, 4.69) is 12.2 Å². The molecule has 0 radical (unpaired) electrons. The van der Waals surface area contributed by atoms with Crippen LogP contribution in [0.5, 0.6) is 0 Å². The Morgan fingerprint density at radius 2 is 1.64 bits per heavy atom. The molecule has 1 fully saturated rings. The predicted molar refractivity (Wildman–Crippen MR) is 51.9 cm³/mol. The van der Waals surface area contributed by atoms with Crippen LogP contribution in [0.3, 0.4) is 0 Å². The van der Waals surface area contributed by atoms with Crippen molar-refractivity contribution in [2.24, 2.45) is 0 Å². The van der Waals surface area contributed by atoms with Crippen LogP contribution in [0.4, 0.5) is 0 Å². The maximum absolute atomic E-state index is 3.48. The monoisotopic (exact) mass is 157 g/mol. The molecule has 1 aliphatic carbocycles. The van der Waals surface area contributed by atoms with Crippen molar-refractivity contribution in [3.8, 4) is 0 Å². The summed E-state index contributed by atoms with van der Waals surface area (Å²) in [5, 5.41) is 3.48. The highest BCUT2D eigenvalue weighted by molar-refractivity contribution is 4.70. The average molecular weight is 157 g/mol. The lowest BCUT2D eigenvalue weighted by Gasteiger charge is -2.21. The molecule has 1 rings (SSSR count). The molecule has 0 spiro atoms. The molecule has 1 N–H and O–H groups in total. The highest BCUT2D eigenvalue weighted by atomic mass is 14.9. The second kappa shape index (κ2) is 8.06. The third kappa shape index (κ3) is 5.25. The summed E-state index contributed by atoms with van der Waals surface area (Å²) in [6.07, 6.45) is 7.17. The Balaban J connectivity index is 0.000000461. The Kier molecular flexibility index (Phi) is 8.03. The van der Waals surface area contributed by atoms with Gasteiger partial charge < -0.3 is 5.32 Å². The predicted octanol–water partition coefficient (Wildman–Crippen LogP) is 2.95. The third-order valence-electron chi connectivity index (χ3n) is 2.10. The van der Waals surface area contributed by atoms with Crippen LogP contribution in [0.15, 0.2) is 0 Å². The van der Waals surface area contributed by atoms with E-state index in [0.717, 1.165) is 12.6 Å². The minimum Gasteiger partial charge on any atom is -0.314 e. The first-order chi connectivity index (χ1) is 5.43. The van der Waals surface area contributed by atoms with Crippen LogP contribution in [0.25, 0.3) is 0 Å². The second-order valence-electron chi connectivity index (χ2n) is 2.89. The summed E-state index contributed by atoms with van der Waals surface area (Å²) in [7, 11) is 0. The van der Waals surface area contributed by atoms with Gasteiger partial charge in [0.2, 0.25) is 0 Å². The van der Waals surface area contributed by atoms with E-state index in [1.807, 2.05) is 13.8 Å².